The van der Waals surface area contributed by atoms with Crippen LogP contribution in [-0.4, -0.2) is 18.2 Å². The maximum absolute atomic E-state index is 10.3. The van der Waals surface area contributed by atoms with E-state index in [1.807, 2.05) is 30.5 Å². The van der Waals surface area contributed by atoms with Crippen LogP contribution in [0.3, 0.4) is 0 Å². The number of hydrogen-bond donors (Lipinski definition) is 1. The van der Waals surface area contributed by atoms with Gasteiger partial charge in [-0.1, -0.05) is 61.6 Å². The van der Waals surface area contributed by atoms with E-state index >= 15 is 0 Å². The van der Waals surface area contributed by atoms with Crippen LogP contribution in [-0.2, 0) is 0 Å². The Kier molecular flexibility index (Phi) is 2.75. The van der Waals surface area contributed by atoms with E-state index in [0.717, 1.165) is 16.8 Å². The largest absolute Gasteiger partial charge is 0.507 e. The lowest BCUT2D eigenvalue weighted by atomic mass is 10.1. The summed E-state index contributed by atoms with van der Waals surface area (Å²) in [6.45, 7) is 4.65. The number of phenols is 1. The van der Waals surface area contributed by atoms with Crippen molar-refractivity contribution in [3.05, 3.63) is 60.8 Å². The first-order valence-electron chi connectivity index (χ1n) is 7.48. The first kappa shape index (κ1) is 13.3. The fraction of sp³-hybridized carbons (Fsp3) is 0.105. The van der Waals surface area contributed by atoms with Crippen LogP contribution < -0.4 is 10.4 Å². The van der Waals surface area contributed by atoms with Gasteiger partial charge in [0.1, 0.15) is 13.8 Å². The van der Waals surface area contributed by atoms with E-state index in [1.54, 1.807) is 6.07 Å². The molecule has 0 saturated heterocycles. The van der Waals surface area contributed by atoms with Crippen LogP contribution >= 0.6 is 0 Å². The highest BCUT2D eigenvalue weighted by Gasteiger charge is 2.39. The number of aromatic hydroxyl groups is 1. The summed E-state index contributed by atoms with van der Waals surface area (Å²) in [6, 6.07) is 18.4. The van der Waals surface area contributed by atoms with Gasteiger partial charge in [-0.15, -0.1) is 0 Å². The molecule has 0 fully saturated rings. The minimum absolute atomic E-state index is 0.344. The normalized spacial score (nSPS) is 14.5. The van der Waals surface area contributed by atoms with E-state index < -0.39 is 8.07 Å². The second-order valence-corrected chi connectivity index (χ2v) is 10.6. The predicted molar refractivity (Wildman–Crippen MR) is 93.5 cm³/mol. The number of pyridine rings is 1. The molecule has 0 spiro atoms. The number of phenolic OH excluding ortho intramolecular Hbond substituents is 1. The van der Waals surface area contributed by atoms with Crippen LogP contribution in [0.2, 0.25) is 13.1 Å². The topological polar surface area (TPSA) is 33.1 Å². The average molecular weight is 303 g/mol. The lowest BCUT2D eigenvalue weighted by molar-refractivity contribution is 0.477. The van der Waals surface area contributed by atoms with E-state index in [9.17, 15) is 5.11 Å². The summed E-state index contributed by atoms with van der Waals surface area (Å²) >= 11 is 0. The molecular formula is C19H17NOSi. The van der Waals surface area contributed by atoms with Gasteiger partial charge in [-0.05, 0) is 27.6 Å². The van der Waals surface area contributed by atoms with Gasteiger partial charge in [0.2, 0.25) is 0 Å². The van der Waals surface area contributed by atoms with E-state index in [-0.39, 0.29) is 0 Å². The molecule has 0 bridgehead atoms. The third-order valence-corrected chi connectivity index (χ3v) is 8.11. The molecule has 2 aromatic carbocycles. The van der Waals surface area contributed by atoms with Crippen molar-refractivity contribution in [1.29, 1.82) is 0 Å². The molecule has 0 unspecified atom stereocenters. The summed E-state index contributed by atoms with van der Waals surface area (Å²) in [5.41, 5.74) is 4.23. The number of nitrogens with zero attached hydrogens (tertiary/aromatic N) is 1. The van der Waals surface area contributed by atoms with Crippen molar-refractivity contribution in [2.45, 2.75) is 13.1 Å². The second kappa shape index (κ2) is 4.55. The summed E-state index contributed by atoms with van der Waals surface area (Å²) in [4.78, 5) is 4.71. The SMILES string of the molecule is C[Si]1(C)c2cc(-c3ccccc3)cnc2-c2c(O)cccc21. The number of hydrogen-bond acceptors (Lipinski definition) is 2. The van der Waals surface area contributed by atoms with Gasteiger partial charge >= 0.3 is 0 Å². The van der Waals surface area contributed by atoms with E-state index in [1.165, 1.54) is 15.9 Å². The van der Waals surface area contributed by atoms with Crippen molar-refractivity contribution in [3.8, 4) is 28.1 Å². The molecule has 0 atom stereocenters. The Hall–Kier alpha value is -2.39. The Labute approximate surface area is 131 Å². The van der Waals surface area contributed by atoms with Crippen molar-refractivity contribution in [2.24, 2.45) is 0 Å². The molecule has 0 aliphatic carbocycles. The summed E-state index contributed by atoms with van der Waals surface area (Å²) in [6.07, 6.45) is 1.92. The molecule has 1 aliphatic rings. The Morgan fingerprint density at radius 2 is 1.64 bits per heavy atom. The van der Waals surface area contributed by atoms with Gasteiger partial charge in [0.25, 0.3) is 0 Å². The Balaban J connectivity index is 1.97. The van der Waals surface area contributed by atoms with Crippen molar-refractivity contribution in [3.63, 3.8) is 0 Å². The zero-order chi connectivity index (χ0) is 15.3. The van der Waals surface area contributed by atoms with Crippen LogP contribution in [0.15, 0.2) is 60.8 Å². The molecule has 3 heteroatoms. The number of benzene rings is 2. The van der Waals surface area contributed by atoms with E-state index in [2.05, 4.69) is 37.4 Å². The van der Waals surface area contributed by atoms with Crippen LogP contribution in [0.5, 0.6) is 5.75 Å². The molecular weight excluding hydrogens is 286 g/mol. The Bertz CT molecular complexity index is 872. The van der Waals surface area contributed by atoms with Gasteiger partial charge in [-0.2, -0.15) is 0 Å². The Morgan fingerprint density at radius 3 is 2.41 bits per heavy atom. The molecule has 2 nitrogen and oxygen atoms in total. The zero-order valence-electron chi connectivity index (χ0n) is 12.7. The number of aromatic nitrogens is 1. The van der Waals surface area contributed by atoms with Crippen molar-refractivity contribution >= 4 is 18.4 Å². The molecule has 22 heavy (non-hydrogen) atoms. The smallest absolute Gasteiger partial charge is 0.124 e. The summed E-state index contributed by atoms with van der Waals surface area (Å²) in [5.74, 6) is 0.344. The Morgan fingerprint density at radius 1 is 0.864 bits per heavy atom. The van der Waals surface area contributed by atoms with Crippen LogP contribution in [0.1, 0.15) is 0 Å². The lowest BCUT2D eigenvalue weighted by Gasteiger charge is -2.18. The lowest BCUT2D eigenvalue weighted by Crippen LogP contribution is -2.49. The fourth-order valence-corrected chi connectivity index (χ4v) is 6.36. The molecule has 1 aliphatic heterocycles. The molecule has 1 N–H and O–H groups in total. The molecule has 108 valence electrons. The highest BCUT2D eigenvalue weighted by Crippen LogP contribution is 2.34. The van der Waals surface area contributed by atoms with Crippen LogP contribution in [0.4, 0.5) is 0 Å². The highest BCUT2D eigenvalue weighted by atomic mass is 28.3. The monoisotopic (exact) mass is 303 g/mol. The first-order chi connectivity index (χ1) is 10.6. The van der Waals surface area contributed by atoms with Gasteiger partial charge < -0.3 is 5.11 Å². The van der Waals surface area contributed by atoms with Crippen molar-refractivity contribution in [2.75, 3.05) is 0 Å². The number of rotatable bonds is 1. The minimum atomic E-state index is -1.80. The van der Waals surface area contributed by atoms with Gasteiger partial charge in [0, 0.05) is 11.8 Å². The first-order valence-corrected chi connectivity index (χ1v) is 10.5. The molecule has 1 aromatic heterocycles. The van der Waals surface area contributed by atoms with Gasteiger partial charge in [-0.3, -0.25) is 4.98 Å². The second-order valence-electron chi connectivity index (χ2n) is 6.31. The predicted octanol–water partition coefficient (Wildman–Crippen LogP) is 3.26. The van der Waals surface area contributed by atoms with Crippen LogP contribution in [0.25, 0.3) is 22.4 Å². The maximum atomic E-state index is 10.3. The third kappa shape index (κ3) is 1.75. The van der Waals surface area contributed by atoms with Crippen LogP contribution in [0, 0.1) is 0 Å². The summed E-state index contributed by atoms with van der Waals surface area (Å²) in [5, 5.41) is 12.9. The van der Waals surface area contributed by atoms with Crippen molar-refractivity contribution in [1.82, 2.24) is 4.98 Å². The quantitative estimate of drug-likeness (QED) is 0.700. The fourth-order valence-electron chi connectivity index (χ4n) is 3.38. The zero-order valence-corrected chi connectivity index (χ0v) is 13.7. The summed E-state index contributed by atoms with van der Waals surface area (Å²) < 4.78 is 0. The molecule has 2 heterocycles. The average Bonchev–Trinajstić information content (AvgIpc) is 2.77. The molecule has 3 aromatic rings. The van der Waals surface area contributed by atoms with Gasteiger partial charge in [0.05, 0.1) is 5.69 Å². The molecule has 4 rings (SSSR count). The standard InChI is InChI=1S/C19H17NOSi/c1-22(2)16-10-6-9-15(21)18(16)19-17(22)11-14(12-20-19)13-7-4-3-5-8-13/h3-12,21H,1-2H3. The summed E-state index contributed by atoms with van der Waals surface area (Å²) in [7, 11) is -1.80. The van der Waals surface area contributed by atoms with E-state index in [4.69, 9.17) is 4.98 Å². The van der Waals surface area contributed by atoms with E-state index in [0.29, 0.717) is 5.75 Å². The van der Waals surface area contributed by atoms with Crippen molar-refractivity contribution < 1.29 is 5.11 Å². The van der Waals surface area contributed by atoms with Gasteiger partial charge in [0.15, 0.2) is 0 Å². The molecule has 0 amide bonds. The molecule has 0 radical (unpaired) electrons. The maximum Gasteiger partial charge on any atom is 0.124 e. The highest BCUT2D eigenvalue weighted by molar-refractivity contribution is 7.03. The van der Waals surface area contributed by atoms with Gasteiger partial charge in [-0.25, -0.2) is 0 Å². The molecule has 0 saturated carbocycles. The number of fused-ring (bicyclic) bond motifs is 3. The minimum Gasteiger partial charge on any atom is -0.507 e. The third-order valence-electron chi connectivity index (χ3n) is 4.62.